The average Bonchev–Trinajstić information content (AvgIpc) is 2.48. The Morgan fingerprint density at radius 3 is 2.67 bits per heavy atom. The minimum Gasteiger partial charge on any atom is -0.497 e. The van der Waals surface area contributed by atoms with Gasteiger partial charge in [0.05, 0.1) is 12.6 Å². The quantitative estimate of drug-likeness (QED) is 0.682. The molecule has 2 aromatic carbocycles. The molecule has 0 aliphatic carbocycles. The van der Waals surface area contributed by atoms with Gasteiger partial charge in [-0.05, 0) is 40.2 Å². The number of rotatable bonds is 2. The van der Waals surface area contributed by atoms with Crippen LogP contribution in [0.25, 0.3) is 22.3 Å². The zero-order chi connectivity index (χ0) is 15.0. The van der Waals surface area contributed by atoms with Crippen molar-refractivity contribution in [1.82, 2.24) is 9.97 Å². The van der Waals surface area contributed by atoms with Gasteiger partial charge in [-0.25, -0.2) is 9.97 Å². The van der Waals surface area contributed by atoms with Crippen LogP contribution in [0.1, 0.15) is 0 Å². The van der Waals surface area contributed by atoms with Gasteiger partial charge < -0.3 is 10.5 Å². The summed E-state index contributed by atoms with van der Waals surface area (Å²) in [4.78, 5) is 9.01. The largest absolute Gasteiger partial charge is 0.497 e. The van der Waals surface area contributed by atoms with Crippen LogP contribution in [0.15, 0.2) is 45.3 Å². The first-order valence-electron chi connectivity index (χ1n) is 6.15. The molecule has 0 aliphatic heterocycles. The zero-order valence-corrected chi connectivity index (χ0v) is 14.3. The van der Waals surface area contributed by atoms with Crippen molar-refractivity contribution in [3.05, 3.63) is 45.3 Å². The van der Waals surface area contributed by atoms with Crippen LogP contribution in [0.5, 0.6) is 5.75 Å². The van der Waals surface area contributed by atoms with E-state index in [-0.39, 0.29) is 0 Å². The number of aromatic nitrogens is 2. The zero-order valence-electron chi connectivity index (χ0n) is 11.1. The predicted molar refractivity (Wildman–Crippen MR) is 91.3 cm³/mol. The van der Waals surface area contributed by atoms with Crippen molar-refractivity contribution in [3.8, 4) is 17.1 Å². The van der Waals surface area contributed by atoms with Crippen molar-refractivity contribution in [2.24, 2.45) is 0 Å². The van der Waals surface area contributed by atoms with E-state index in [1.807, 2.05) is 36.4 Å². The Hall–Kier alpha value is -1.66. The van der Waals surface area contributed by atoms with Crippen molar-refractivity contribution in [1.29, 1.82) is 0 Å². The van der Waals surface area contributed by atoms with E-state index in [1.165, 1.54) is 0 Å². The number of nitrogen functional groups attached to an aromatic ring is 1. The summed E-state index contributed by atoms with van der Waals surface area (Å²) >= 11 is 6.96. The number of ether oxygens (including phenoxy) is 1. The van der Waals surface area contributed by atoms with Gasteiger partial charge in [0.25, 0.3) is 0 Å². The SMILES string of the molecule is COc1cccc(-c2nc(N)c3cc(Br)cc(Br)c3n2)c1. The highest BCUT2D eigenvalue weighted by Crippen LogP contribution is 2.32. The average molecular weight is 409 g/mol. The Labute approximate surface area is 138 Å². The van der Waals surface area contributed by atoms with Gasteiger partial charge >= 0.3 is 0 Å². The van der Waals surface area contributed by atoms with E-state index in [9.17, 15) is 0 Å². The molecule has 0 fully saturated rings. The molecule has 4 nitrogen and oxygen atoms in total. The Kier molecular flexibility index (Phi) is 3.82. The molecule has 0 bridgehead atoms. The summed E-state index contributed by atoms with van der Waals surface area (Å²) in [5, 5.41) is 0.808. The van der Waals surface area contributed by atoms with Crippen molar-refractivity contribution in [2.75, 3.05) is 12.8 Å². The molecular weight excluding hydrogens is 398 g/mol. The summed E-state index contributed by atoms with van der Waals surface area (Å²) in [7, 11) is 1.63. The van der Waals surface area contributed by atoms with E-state index < -0.39 is 0 Å². The molecule has 0 radical (unpaired) electrons. The van der Waals surface area contributed by atoms with Crippen molar-refractivity contribution in [2.45, 2.75) is 0 Å². The van der Waals surface area contributed by atoms with Crippen LogP contribution in [0.2, 0.25) is 0 Å². The molecule has 21 heavy (non-hydrogen) atoms. The van der Waals surface area contributed by atoms with E-state index in [0.717, 1.165) is 31.2 Å². The van der Waals surface area contributed by atoms with Crippen LogP contribution >= 0.6 is 31.9 Å². The van der Waals surface area contributed by atoms with Gasteiger partial charge in [-0.2, -0.15) is 0 Å². The fourth-order valence-electron chi connectivity index (χ4n) is 2.07. The standard InChI is InChI=1S/C15H11Br2N3O/c1-21-10-4-2-3-8(5-10)15-19-13-11(14(18)20-15)6-9(16)7-12(13)17/h2-7H,1H3,(H2,18,19,20). The lowest BCUT2D eigenvalue weighted by Crippen LogP contribution is -1.98. The molecule has 0 saturated heterocycles. The smallest absolute Gasteiger partial charge is 0.162 e. The molecule has 0 amide bonds. The molecule has 1 heterocycles. The number of hydrogen-bond donors (Lipinski definition) is 1. The molecule has 0 aliphatic rings. The van der Waals surface area contributed by atoms with E-state index >= 15 is 0 Å². The van der Waals surface area contributed by atoms with Crippen molar-refractivity contribution < 1.29 is 4.74 Å². The number of anilines is 1. The van der Waals surface area contributed by atoms with E-state index in [0.29, 0.717) is 11.6 Å². The van der Waals surface area contributed by atoms with Crippen molar-refractivity contribution in [3.63, 3.8) is 0 Å². The summed E-state index contributed by atoms with van der Waals surface area (Å²) in [5.74, 6) is 1.77. The third-order valence-corrected chi connectivity index (χ3v) is 4.14. The number of nitrogens with two attached hydrogens (primary N) is 1. The summed E-state index contributed by atoms with van der Waals surface area (Å²) in [6, 6.07) is 11.4. The predicted octanol–water partition coefficient (Wildman–Crippen LogP) is 4.41. The number of nitrogens with zero attached hydrogens (tertiary/aromatic N) is 2. The van der Waals surface area contributed by atoms with Crippen LogP contribution in [0.4, 0.5) is 5.82 Å². The second-order valence-corrected chi connectivity index (χ2v) is 6.22. The summed E-state index contributed by atoms with van der Waals surface area (Å²) in [6.45, 7) is 0. The highest BCUT2D eigenvalue weighted by atomic mass is 79.9. The molecular formula is C15H11Br2N3O. The lowest BCUT2D eigenvalue weighted by molar-refractivity contribution is 0.415. The number of benzene rings is 2. The second kappa shape index (κ2) is 5.61. The van der Waals surface area contributed by atoms with Gasteiger partial charge in [0.1, 0.15) is 11.6 Å². The maximum Gasteiger partial charge on any atom is 0.162 e. The molecule has 3 aromatic rings. The maximum absolute atomic E-state index is 6.08. The molecule has 1 aromatic heterocycles. The first-order chi connectivity index (χ1) is 10.1. The van der Waals surface area contributed by atoms with Gasteiger partial charge in [0.15, 0.2) is 5.82 Å². The Morgan fingerprint density at radius 1 is 1.10 bits per heavy atom. The molecule has 0 atom stereocenters. The Bertz CT molecular complexity index is 837. The minimum absolute atomic E-state index is 0.444. The van der Waals surface area contributed by atoms with Gasteiger partial charge in [0, 0.05) is 19.9 Å². The van der Waals surface area contributed by atoms with Gasteiger partial charge in [-0.15, -0.1) is 0 Å². The maximum atomic E-state index is 6.08. The highest BCUT2D eigenvalue weighted by molar-refractivity contribution is 9.11. The first-order valence-corrected chi connectivity index (χ1v) is 7.74. The number of halogens is 2. The molecule has 0 saturated carbocycles. The fraction of sp³-hybridized carbons (Fsp3) is 0.0667. The molecule has 2 N–H and O–H groups in total. The lowest BCUT2D eigenvalue weighted by atomic mass is 10.1. The molecule has 3 rings (SSSR count). The van der Waals surface area contributed by atoms with Gasteiger partial charge in [-0.3, -0.25) is 0 Å². The number of fused-ring (bicyclic) bond motifs is 1. The van der Waals surface area contributed by atoms with Crippen LogP contribution in [-0.2, 0) is 0 Å². The van der Waals surface area contributed by atoms with E-state index in [4.69, 9.17) is 10.5 Å². The normalized spacial score (nSPS) is 10.8. The lowest BCUT2D eigenvalue weighted by Gasteiger charge is -2.08. The third kappa shape index (κ3) is 2.73. The van der Waals surface area contributed by atoms with Crippen molar-refractivity contribution >= 4 is 48.6 Å². The van der Waals surface area contributed by atoms with Gasteiger partial charge in [0.2, 0.25) is 0 Å². The monoisotopic (exact) mass is 407 g/mol. The molecule has 0 unspecified atom stereocenters. The summed E-state index contributed by atoms with van der Waals surface area (Å²) in [5.41, 5.74) is 7.72. The van der Waals surface area contributed by atoms with Crippen LogP contribution in [-0.4, -0.2) is 17.1 Å². The highest BCUT2D eigenvalue weighted by Gasteiger charge is 2.11. The number of hydrogen-bond acceptors (Lipinski definition) is 4. The fourth-order valence-corrected chi connectivity index (χ4v) is 3.39. The first kappa shape index (κ1) is 14.3. The Morgan fingerprint density at radius 2 is 1.90 bits per heavy atom. The third-order valence-electron chi connectivity index (χ3n) is 3.08. The minimum atomic E-state index is 0.444. The topological polar surface area (TPSA) is 61.0 Å². The summed E-state index contributed by atoms with van der Waals surface area (Å²) in [6.07, 6.45) is 0. The molecule has 0 spiro atoms. The summed E-state index contributed by atoms with van der Waals surface area (Å²) < 4.78 is 7.02. The van der Waals surface area contributed by atoms with Gasteiger partial charge in [-0.1, -0.05) is 28.1 Å². The number of methoxy groups -OCH3 is 1. The molecule has 106 valence electrons. The van der Waals surface area contributed by atoms with Crippen LogP contribution < -0.4 is 10.5 Å². The second-order valence-electron chi connectivity index (χ2n) is 4.45. The van der Waals surface area contributed by atoms with Crippen LogP contribution in [0, 0.1) is 0 Å². The van der Waals surface area contributed by atoms with Crippen LogP contribution in [0.3, 0.4) is 0 Å². The van der Waals surface area contributed by atoms with E-state index in [1.54, 1.807) is 7.11 Å². The molecule has 6 heteroatoms. The Balaban J connectivity index is 2.24. The van der Waals surface area contributed by atoms with E-state index in [2.05, 4.69) is 41.8 Å².